The molecule has 0 saturated carbocycles. The van der Waals surface area contributed by atoms with Crippen LogP contribution in [0.3, 0.4) is 0 Å². The lowest BCUT2D eigenvalue weighted by Gasteiger charge is -2.16. The SMILES string of the molecule is CC(F)(C(=O)O)c1cc(Cl)ccc1F. The maximum atomic E-state index is 13.5. The Morgan fingerprint density at radius 3 is 2.64 bits per heavy atom. The second-order valence-electron chi connectivity index (χ2n) is 2.93. The molecule has 0 bridgehead atoms. The van der Waals surface area contributed by atoms with E-state index in [2.05, 4.69) is 0 Å². The Kier molecular flexibility index (Phi) is 2.76. The molecule has 76 valence electrons. The molecule has 1 aromatic carbocycles. The van der Waals surface area contributed by atoms with Gasteiger partial charge in [0, 0.05) is 10.6 Å². The summed E-state index contributed by atoms with van der Waals surface area (Å²) in [5.74, 6) is -2.68. The fourth-order valence-corrected chi connectivity index (χ4v) is 1.14. The summed E-state index contributed by atoms with van der Waals surface area (Å²) in [7, 11) is 0. The highest BCUT2D eigenvalue weighted by Crippen LogP contribution is 2.30. The lowest BCUT2D eigenvalue weighted by atomic mass is 9.98. The van der Waals surface area contributed by atoms with Crippen LogP contribution in [0.1, 0.15) is 12.5 Å². The third-order valence-electron chi connectivity index (χ3n) is 1.84. The molecule has 0 spiro atoms. The van der Waals surface area contributed by atoms with Gasteiger partial charge in [-0.25, -0.2) is 13.6 Å². The molecule has 1 aromatic rings. The van der Waals surface area contributed by atoms with Gasteiger partial charge in [0.15, 0.2) is 0 Å². The molecular formula is C9H7ClF2O2. The molecule has 2 nitrogen and oxygen atoms in total. The highest BCUT2D eigenvalue weighted by molar-refractivity contribution is 6.30. The van der Waals surface area contributed by atoms with Crippen LogP contribution >= 0.6 is 11.6 Å². The average molecular weight is 221 g/mol. The third-order valence-corrected chi connectivity index (χ3v) is 2.07. The largest absolute Gasteiger partial charge is 0.479 e. The Morgan fingerprint density at radius 1 is 1.57 bits per heavy atom. The zero-order chi connectivity index (χ0) is 10.9. The number of hydrogen-bond donors (Lipinski definition) is 1. The Bertz CT molecular complexity index is 377. The van der Waals surface area contributed by atoms with Gasteiger partial charge < -0.3 is 5.11 Å². The number of aliphatic carboxylic acids is 1. The molecule has 0 aliphatic carbocycles. The van der Waals surface area contributed by atoms with E-state index in [0.717, 1.165) is 19.1 Å². The monoisotopic (exact) mass is 220 g/mol. The molecule has 0 aromatic heterocycles. The Balaban J connectivity index is 3.31. The normalized spacial score (nSPS) is 14.9. The first-order valence-electron chi connectivity index (χ1n) is 3.73. The van der Waals surface area contributed by atoms with Crippen molar-refractivity contribution in [3.63, 3.8) is 0 Å². The van der Waals surface area contributed by atoms with Crippen LogP contribution in [0.15, 0.2) is 18.2 Å². The van der Waals surface area contributed by atoms with Gasteiger partial charge >= 0.3 is 5.97 Å². The van der Waals surface area contributed by atoms with Gasteiger partial charge in [0.25, 0.3) is 0 Å². The summed E-state index contributed by atoms with van der Waals surface area (Å²) in [6, 6.07) is 3.11. The van der Waals surface area contributed by atoms with Crippen LogP contribution in [0.5, 0.6) is 0 Å². The predicted octanol–water partition coefficient (Wildman–Crippen LogP) is 2.75. The number of rotatable bonds is 2. The number of alkyl halides is 1. The van der Waals surface area contributed by atoms with E-state index in [1.54, 1.807) is 0 Å². The van der Waals surface area contributed by atoms with Crippen molar-refractivity contribution in [3.8, 4) is 0 Å². The summed E-state index contributed by atoms with van der Waals surface area (Å²) in [6.45, 7) is 0.768. The minimum Gasteiger partial charge on any atom is -0.479 e. The van der Waals surface area contributed by atoms with E-state index in [4.69, 9.17) is 16.7 Å². The standard InChI is InChI=1S/C9H7ClF2O2/c1-9(12,8(13)14)6-4-5(10)2-3-7(6)11/h2-4H,1H3,(H,13,14). The molecule has 0 radical (unpaired) electrons. The lowest BCUT2D eigenvalue weighted by Crippen LogP contribution is -2.28. The van der Waals surface area contributed by atoms with Crippen LogP contribution in [0.4, 0.5) is 8.78 Å². The Hall–Kier alpha value is -1.16. The smallest absolute Gasteiger partial charge is 0.346 e. The lowest BCUT2D eigenvalue weighted by molar-refractivity contribution is -0.150. The number of benzene rings is 1. The highest BCUT2D eigenvalue weighted by Gasteiger charge is 2.37. The average Bonchev–Trinajstić information content (AvgIpc) is 2.08. The zero-order valence-electron chi connectivity index (χ0n) is 7.22. The molecule has 1 atom stereocenters. The van der Waals surface area contributed by atoms with Crippen molar-refractivity contribution >= 4 is 17.6 Å². The minimum absolute atomic E-state index is 0.0894. The molecule has 1 N–H and O–H groups in total. The van der Waals surface area contributed by atoms with Crippen molar-refractivity contribution < 1.29 is 18.7 Å². The van der Waals surface area contributed by atoms with E-state index < -0.39 is 23.0 Å². The van der Waals surface area contributed by atoms with Crippen molar-refractivity contribution in [2.24, 2.45) is 0 Å². The maximum absolute atomic E-state index is 13.5. The zero-order valence-corrected chi connectivity index (χ0v) is 7.98. The first-order chi connectivity index (χ1) is 6.35. The summed E-state index contributed by atoms with van der Waals surface area (Å²) >= 11 is 5.50. The fourth-order valence-electron chi connectivity index (χ4n) is 0.972. The van der Waals surface area contributed by atoms with Gasteiger partial charge in [-0.05, 0) is 25.1 Å². The number of hydrogen-bond acceptors (Lipinski definition) is 1. The van der Waals surface area contributed by atoms with Gasteiger partial charge in [0.05, 0.1) is 0 Å². The fraction of sp³-hybridized carbons (Fsp3) is 0.222. The van der Waals surface area contributed by atoms with E-state index in [9.17, 15) is 13.6 Å². The van der Waals surface area contributed by atoms with Crippen molar-refractivity contribution in [1.29, 1.82) is 0 Å². The van der Waals surface area contributed by atoms with E-state index in [-0.39, 0.29) is 5.02 Å². The number of carboxylic acids is 1. The molecule has 0 amide bonds. The van der Waals surface area contributed by atoms with Crippen LogP contribution in [0.25, 0.3) is 0 Å². The van der Waals surface area contributed by atoms with E-state index in [1.165, 1.54) is 6.07 Å². The molecule has 0 fully saturated rings. The quantitative estimate of drug-likeness (QED) is 0.832. The third kappa shape index (κ3) is 1.85. The van der Waals surface area contributed by atoms with Crippen molar-refractivity contribution in [1.82, 2.24) is 0 Å². The number of carbonyl (C=O) groups is 1. The predicted molar refractivity (Wildman–Crippen MR) is 47.5 cm³/mol. The summed E-state index contributed by atoms with van der Waals surface area (Å²) in [5, 5.41) is 8.61. The first-order valence-corrected chi connectivity index (χ1v) is 4.11. The highest BCUT2D eigenvalue weighted by atomic mass is 35.5. The molecule has 1 rings (SSSR count). The van der Waals surface area contributed by atoms with Crippen LogP contribution in [0.2, 0.25) is 5.02 Å². The van der Waals surface area contributed by atoms with Gasteiger partial charge in [-0.2, -0.15) is 0 Å². The van der Waals surface area contributed by atoms with Crippen LogP contribution in [-0.4, -0.2) is 11.1 Å². The summed E-state index contributed by atoms with van der Waals surface area (Å²) < 4.78 is 26.6. The van der Waals surface area contributed by atoms with Gasteiger partial charge in [0.2, 0.25) is 5.67 Å². The summed E-state index contributed by atoms with van der Waals surface area (Å²) in [5.41, 5.74) is -3.34. The maximum Gasteiger partial charge on any atom is 0.346 e. The van der Waals surface area contributed by atoms with Crippen molar-refractivity contribution in [2.75, 3.05) is 0 Å². The van der Waals surface area contributed by atoms with Crippen LogP contribution in [0, 0.1) is 5.82 Å². The van der Waals surface area contributed by atoms with Gasteiger partial charge in [0.1, 0.15) is 5.82 Å². The van der Waals surface area contributed by atoms with Crippen molar-refractivity contribution in [2.45, 2.75) is 12.6 Å². The van der Waals surface area contributed by atoms with Crippen LogP contribution in [-0.2, 0) is 10.5 Å². The first kappa shape index (κ1) is 10.9. The molecule has 0 aliphatic heterocycles. The topological polar surface area (TPSA) is 37.3 Å². The van der Waals surface area contributed by atoms with Crippen molar-refractivity contribution in [3.05, 3.63) is 34.6 Å². The summed E-state index contributed by atoms with van der Waals surface area (Å²) in [6.07, 6.45) is 0. The minimum atomic E-state index is -2.77. The van der Waals surface area contributed by atoms with Gasteiger partial charge in [-0.15, -0.1) is 0 Å². The van der Waals surface area contributed by atoms with E-state index in [1.807, 2.05) is 0 Å². The molecule has 14 heavy (non-hydrogen) atoms. The van der Waals surface area contributed by atoms with Gasteiger partial charge in [-0.1, -0.05) is 11.6 Å². The van der Waals surface area contributed by atoms with Crippen LogP contribution < -0.4 is 0 Å². The Morgan fingerprint density at radius 2 is 2.14 bits per heavy atom. The molecule has 0 heterocycles. The Labute approximate surface area is 84.1 Å². The van der Waals surface area contributed by atoms with Gasteiger partial charge in [-0.3, -0.25) is 0 Å². The molecule has 1 unspecified atom stereocenters. The molecule has 0 aliphatic rings. The van der Waals surface area contributed by atoms with E-state index in [0.29, 0.717) is 0 Å². The second kappa shape index (κ2) is 3.53. The summed E-state index contributed by atoms with van der Waals surface area (Å²) in [4.78, 5) is 10.5. The molecular weight excluding hydrogens is 214 g/mol. The second-order valence-corrected chi connectivity index (χ2v) is 3.37. The molecule has 0 saturated heterocycles. The van der Waals surface area contributed by atoms with E-state index >= 15 is 0 Å². The number of halogens is 3. The number of carboxylic acid groups (broad SMARTS) is 1. The molecule has 5 heteroatoms.